The van der Waals surface area contributed by atoms with Crippen LogP contribution in [0.25, 0.3) is 15.9 Å². The van der Waals surface area contributed by atoms with Crippen molar-refractivity contribution >= 4 is 16.7 Å². The van der Waals surface area contributed by atoms with Gasteiger partial charge in [-0.3, -0.25) is 4.79 Å². The molecule has 3 aromatic rings. The number of fused-ring (bicyclic) bond motifs is 1. The Morgan fingerprint density at radius 1 is 1.14 bits per heavy atom. The molecule has 0 aliphatic heterocycles. The molecule has 0 saturated carbocycles. The number of hydrogen-bond donors (Lipinski definition) is 0. The average Bonchev–Trinajstić information content (AvgIpc) is 2.54. The molecule has 0 aliphatic rings. The van der Waals surface area contributed by atoms with E-state index >= 15 is 0 Å². The van der Waals surface area contributed by atoms with Gasteiger partial charge in [0.2, 0.25) is 5.39 Å². The minimum Gasteiger partial charge on any atom is -0.573 e. The van der Waals surface area contributed by atoms with Gasteiger partial charge < -0.3 is 14.3 Å². The number of ether oxygens (including phenoxy) is 1. The maximum atomic E-state index is 12.2. The van der Waals surface area contributed by atoms with Gasteiger partial charge in [-0.05, 0) is 17.7 Å². The highest BCUT2D eigenvalue weighted by molar-refractivity contribution is 5.87. The van der Waals surface area contributed by atoms with Gasteiger partial charge in [0.15, 0.2) is 10.9 Å². The molecule has 6 heteroatoms. The number of benzene rings is 2. The van der Waals surface area contributed by atoms with Gasteiger partial charge in [0.25, 0.3) is 5.43 Å². The van der Waals surface area contributed by atoms with Crippen LogP contribution < -0.4 is 15.3 Å². The summed E-state index contributed by atoms with van der Waals surface area (Å²) in [6.07, 6.45) is 0. The smallest absolute Gasteiger partial charge is 0.454 e. The molecule has 6 nitrogen and oxygen atoms in total. The Hall–Kier alpha value is -3.33. The van der Waals surface area contributed by atoms with Crippen molar-refractivity contribution in [1.82, 2.24) is 0 Å². The van der Waals surface area contributed by atoms with E-state index in [1.165, 1.54) is 6.07 Å². The molecule has 22 heavy (non-hydrogen) atoms. The number of rotatable bonds is 3. The molecule has 1 heterocycles. The molecule has 0 saturated heterocycles. The van der Waals surface area contributed by atoms with Gasteiger partial charge in [-0.2, -0.15) is 0 Å². The molecule has 0 amide bonds. The van der Waals surface area contributed by atoms with Crippen LogP contribution in [0.15, 0.2) is 57.7 Å². The maximum Gasteiger partial charge on any atom is 0.454 e. The van der Waals surface area contributed by atoms with E-state index in [1.54, 1.807) is 12.1 Å². The summed E-state index contributed by atoms with van der Waals surface area (Å²) in [6.45, 7) is 0.254. The maximum absolute atomic E-state index is 12.2. The minimum atomic E-state index is -0.986. The molecule has 108 valence electrons. The lowest BCUT2D eigenvalue weighted by atomic mass is 10.2. The van der Waals surface area contributed by atoms with Gasteiger partial charge >= 0.3 is 5.69 Å². The zero-order chi connectivity index (χ0) is 15.5. The molecule has 0 unspecified atom stereocenters. The summed E-state index contributed by atoms with van der Waals surface area (Å²) < 4.78 is 10.6. The minimum absolute atomic E-state index is 0.0748. The molecule has 0 aliphatic carbocycles. The third kappa shape index (κ3) is 2.36. The first kappa shape index (κ1) is 13.6. The van der Waals surface area contributed by atoms with E-state index in [0.717, 1.165) is 5.56 Å². The number of nitrogens with zero attached hydrogens (tertiary/aromatic N) is 2. The van der Waals surface area contributed by atoms with Crippen molar-refractivity contribution in [3.8, 4) is 11.7 Å². The van der Waals surface area contributed by atoms with Gasteiger partial charge in [-0.15, -0.1) is 0 Å². The first-order valence-corrected chi connectivity index (χ1v) is 6.49. The summed E-state index contributed by atoms with van der Waals surface area (Å²) in [4.78, 5) is 14.9. The Kier molecular flexibility index (Phi) is 3.46. The summed E-state index contributed by atoms with van der Waals surface area (Å²) in [5.41, 5.74) is -0.370. The molecule has 0 N–H and O–H groups in total. The third-order valence-corrected chi connectivity index (χ3v) is 3.16. The standard InChI is InChI=1S/C16H10N2O4/c17-18-14-15(19)13-11(7-4-8-12(13)22-16(14)20)21-9-10-5-2-1-3-6-10/h1-8H,9H2. The number of hydrogen-bond acceptors (Lipinski definition) is 5. The van der Waals surface area contributed by atoms with Crippen LogP contribution in [0.2, 0.25) is 0 Å². The largest absolute Gasteiger partial charge is 0.573 e. The Morgan fingerprint density at radius 2 is 1.91 bits per heavy atom. The highest BCUT2D eigenvalue weighted by atomic mass is 16.5. The Labute approximate surface area is 124 Å². The van der Waals surface area contributed by atoms with Crippen molar-refractivity contribution in [2.24, 2.45) is 0 Å². The lowest BCUT2D eigenvalue weighted by Crippen LogP contribution is -2.07. The lowest BCUT2D eigenvalue weighted by molar-refractivity contribution is -0.292. The van der Waals surface area contributed by atoms with Crippen molar-refractivity contribution < 1.29 is 14.3 Å². The molecular weight excluding hydrogens is 284 g/mol. The Morgan fingerprint density at radius 3 is 2.64 bits per heavy atom. The van der Waals surface area contributed by atoms with E-state index < -0.39 is 17.1 Å². The van der Waals surface area contributed by atoms with Gasteiger partial charge in [-0.25, -0.2) is 0 Å². The van der Waals surface area contributed by atoms with Crippen LogP contribution in [-0.4, -0.2) is 0 Å². The van der Waals surface area contributed by atoms with E-state index in [9.17, 15) is 9.90 Å². The monoisotopic (exact) mass is 294 g/mol. The Balaban J connectivity index is 2.07. The molecule has 1 aromatic heterocycles. The highest BCUT2D eigenvalue weighted by Crippen LogP contribution is 2.30. The van der Waals surface area contributed by atoms with E-state index in [2.05, 4.69) is 4.98 Å². The molecule has 3 rings (SSSR count). The lowest BCUT2D eigenvalue weighted by Gasteiger charge is -2.10. The topological polar surface area (TPSA) is 90.7 Å². The molecule has 0 radical (unpaired) electrons. The van der Waals surface area contributed by atoms with E-state index in [-0.39, 0.29) is 23.3 Å². The second-order valence-electron chi connectivity index (χ2n) is 4.57. The number of diazo groups is 1. The fourth-order valence-electron chi connectivity index (χ4n) is 2.12. The van der Waals surface area contributed by atoms with Crippen molar-refractivity contribution in [1.29, 1.82) is 5.39 Å². The van der Waals surface area contributed by atoms with E-state index in [0.29, 0.717) is 0 Å². The van der Waals surface area contributed by atoms with Crippen LogP contribution in [0.1, 0.15) is 5.56 Å². The van der Waals surface area contributed by atoms with E-state index in [1.807, 2.05) is 30.3 Å². The third-order valence-electron chi connectivity index (χ3n) is 3.16. The zero-order valence-corrected chi connectivity index (χ0v) is 11.4. The SMILES string of the molecule is N#[N+]c1c([O-])oc2cccc(OCc3ccccc3)c2c1=O. The summed E-state index contributed by atoms with van der Waals surface area (Å²) in [5, 5.41) is 20.4. The van der Waals surface area contributed by atoms with Crippen molar-refractivity contribution in [3.63, 3.8) is 0 Å². The van der Waals surface area contributed by atoms with Gasteiger partial charge in [0.05, 0.1) is 5.39 Å². The summed E-state index contributed by atoms with van der Waals surface area (Å²) >= 11 is 0. The Bertz CT molecular complexity index is 927. The van der Waals surface area contributed by atoms with Crippen LogP contribution in [0, 0.1) is 5.39 Å². The molecular formula is C16H10N2O4. The molecule has 0 fully saturated rings. The van der Waals surface area contributed by atoms with Crippen molar-refractivity contribution in [2.45, 2.75) is 6.61 Å². The first-order chi connectivity index (χ1) is 10.7. The quantitative estimate of drug-likeness (QED) is 0.693. The summed E-state index contributed by atoms with van der Waals surface area (Å²) in [6, 6.07) is 14.1. The van der Waals surface area contributed by atoms with Crippen LogP contribution in [0.4, 0.5) is 5.69 Å². The van der Waals surface area contributed by atoms with Crippen LogP contribution in [0.5, 0.6) is 11.7 Å². The van der Waals surface area contributed by atoms with Crippen LogP contribution >= 0.6 is 0 Å². The first-order valence-electron chi connectivity index (χ1n) is 6.49. The molecule has 2 aromatic carbocycles. The second-order valence-corrected chi connectivity index (χ2v) is 4.57. The second kappa shape index (κ2) is 5.58. The fraction of sp³-hybridized carbons (Fsp3) is 0.0625. The van der Waals surface area contributed by atoms with Crippen LogP contribution in [-0.2, 0) is 6.61 Å². The highest BCUT2D eigenvalue weighted by Gasteiger charge is 2.20. The molecule has 0 atom stereocenters. The predicted molar refractivity (Wildman–Crippen MR) is 77.4 cm³/mol. The van der Waals surface area contributed by atoms with Crippen LogP contribution in [0.3, 0.4) is 0 Å². The summed E-state index contributed by atoms with van der Waals surface area (Å²) in [5.74, 6) is -0.722. The van der Waals surface area contributed by atoms with Crippen molar-refractivity contribution in [3.05, 3.63) is 69.3 Å². The normalized spacial score (nSPS) is 10.3. The predicted octanol–water partition coefficient (Wildman–Crippen LogP) is 2.93. The molecule has 0 bridgehead atoms. The molecule has 0 spiro atoms. The average molecular weight is 294 g/mol. The zero-order valence-electron chi connectivity index (χ0n) is 11.4. The van der Waals surface area contributed by atoms with Gasteiger partial charge in [0, 0.05) is 5.58 Å². The van der Waals surface area contributed by atoms with Gasteiger partial charge in [0.1, 0.15) is 12.4 Å². The van der Waals surface area contributed by atoms with Gasteiger partial charge in [-0.1, -0.05) is 36.4 Å². The summed E-state index contributed by atoms with van der Waals surface area (Å²) in [7, 11) is 0. The fourth-order valence-corrected chi connectivity index (χ4v) is 2.12. The van der Waals surface area contributed by atoms with Crippen molar-refractivity contribution in [2.75, 3.05) is 0 Å². The van der Waals surface area contributed by atoms with E-state index in [4.69, 9.17) is 14.5 Å².